The molecule has 4 nitrogen and oxygen atoms in total. The molecule has 1 aliphatic heterocycles. The molecule has 4 rings (SSSR count). The van der Waals surface area contributed by atoms with Crippen molar-refractivity contribution in [1.82, 2.24) is 9.88 Å². The van der Waals surface area contributed by atoms with Gasteiger partial charge in [0.25, 0.3) is 5.91 Å². The normalized spacial score (nSPS) is 16.3. The molecular formula is C22H22N2O2. The van der Waals surface area contributed by atoms with Crippen LogP contribution in [-0.2, 0) is 17.7 Å². The predicted octanol–water partition coefficient (Wildman–Crippen LogP) is 4.29. The molecule has 1 unspecified atom stereocenters. The Bertz CT molecular complexity index is 940. The number of para-hydroxylation sites is 1. The summed E-state index contributed by atoms with van der Waals surface area (Å²) in [5.74, 6) is 0.619. The van der Waals surface area contributed by atoms with Gasteiger partial charge in [-0.05, 0) is 30.2 Å². The third kappa shape index (κ3) is 2.88. The zero-order chi connectivity index (χ0) is 18.1. The van der Waals surface area contributed by atoms with Crippen LogP contribution in [0.3, 0.4) is 0 Å². The van der Waals surface area contributed by atoms with Crippen molar-refractivity contribution in [2.45, 2.75) is 25.9 Å². The summed E-state index contributed by atoms with van der Waals surface area (Å²) >= 11 is 0. The van der Waals surface area contributed by atoms with E-state index in [4.69, 9.17) is 4.74 Å². The molecule has 2 heterocycles. The number of rotatable bonds is 4. The number of benzene rings is 2. The molecule has 0 radical (unpaired) electrons. The Kier molecular flexibility index (Phi) is 4.25. The summed E-state index contributed by atoms with van der Waals surface area (Å²) in [6.45, 7) is 7.12. The van der Waals surface area contributed by atoms with Gasteiger partial charge in [-0.25, -0.2) is 0 Å². The second-order valence-corrected chi connectivity index (χ2v) is 6.59. The molecule has 1 aliphatic rings. The van der Waals surface area contributed by atoms with Gasteiger partial charge in [0.15, 0.2) is 0 Å². The maximum Gasteiger partial charge on any atom is 0.271 e. The number of aromatic amines is 1. The van der Waals surface area contributed by atoms with Gasteiger partial charge in [0, 0.05) is 23.9 Å². The lowest BCUT2D eigenvalue weighted by Crippen LogP contribution is -2.45. The molecule has 1 atom stereocenters. The van der Waals surface area contributed by atoms with Crippen LogP contribution in [0.1, 0.15) is 28.5 Å². The minimum Gasteiger partial charge on any atom is -0.497 e. The highest BCUT2D eigenvalue weighted by Gasteiger charge is 2.33. The first-order valence-corrected chi connectivity index (χ1v) is 8.94. The average Bonchev–Trinajstić information content (AvgIpc) is 3.10. The number of nitrogens with zero attached hydrogens (tertiary/aromatic N) is 1. The molecule has 1 amide bonds. The zero-order valence-corrected chi connectivity index (χ0v) is 14.9. The topological polar surface area (TPSA) is 45.3 Å². The molecule has 2 aromatic carbocycles. The van der Waals surface area contributed by atoms with Crippen LogP contribution in [0.5, 0.6) is 0 Å². The lowest BCUT2D eigenvalue weighted by molar-refractivity contribution is 0.0583. The average molecular weight is 346 g/mol. The quantitative estimate of drug-likeness (QED) is 0.717. The molecule has 26 heavy (non-hydrogen) atoms. The molecule has 1 N–H and O–H groups in total. The van der Waals surface area contributed by atoms with E-state index in [1.165, 1.54) is 11.1 Å². The fourth-order valence-electron chi connectivity index (χ4n) is 3.65. The monoisotopic (exact) mass is 346 g/mol. The minimum atomic E-state index is -0.163. The molecule has 0 saturated carbocycles. The van der Waals surface area contributed by atoms with E-state index in [-0.39, 0.29) is 11.9 Å². The van der Waals surface area contributed by atoms with Crippen LogP contribution in [0.15, 0.2) is 66.9 Å². The molecule has 4 heteroatoms. The van der Waals surface area contributed by atoms with E-state index in [9.17, 15) is 4.79 Å². The SMILES string of the molecule is C=C(OCC)C1Cc2ccccc2CN1C(=O)c1cc2ccccc2[nH]1. The summed E-state index contributed by atoms with van der Waals surface area (Å²) in [4.78, 5) is 18.4. The van der Waals surface area contributed by atoms with Gasteiger partial charge < -0.3 is 14.6 Å². The number of hydrogen-bond acceptors (Lipinski definition) is 2. The first-order chi connectivity index (χ1) is 12.7. The highest BCUT2D eigenvalue weighted by Crippen LogP contribution is 2.29. The van der Waals surface area contributed by atoms with Gasteiger partial charge in [-0.2, -0.15) is 0 Å². The predicted molar refractivity (Wildman–Crippen MR) is 103 cm³/mol. The van der Waals surface area contributed by atoms with Crippen molar-refractivity contribution in [3.8, 4) is 0 Å². The van der Waals surface area contributed by atoms with Crippen LogP contribution in [0, 0.1) is 0 Å². The number of nitrogens with one attached hydrogen (secondary N) is 1. The van der Waals surface area contributed by atoms with Gasteiger partial charge in [0.2, 0.25) is 0 Å². The Morgan fingerprint density at radius 1 is 1.19 bits per heavy atom. The van der Waals surface area contributed by atoms with E-state index in [1.54, 1.807) is 0 Å². The molecule has 0 bridgehead atoms. The second-order valence-electron chi connectivity index (χ2n) is 6.59. The highest BCUT2D eigenvalue weighted by atomic mass is 16.5. The van der Waals surface area contributed by atoms with Crippen LogP contribution in [0.25, 0.3) is 10.9 Å². The zero-order valence-electron chi connectivity index (χ0n) is 14.9. The summed E-state index contributed by atoms with van der Waals surface area (Å²) < 4.78 is 5.67. The summed E-state index contributed by atoms with van der Waals surface area (Å²) in [5, 5.41) is 1.04. The number of ether oxygens (including phenoxy) is 1. The van der Waals surface area contributed by atoms with E-state index in [2.05, 4.69) is 23.7 Å². The first-order valence-electron chi connectivity index (χ1n) is 8.94. The Balaban J connectivity index is 1.71. The number of fused-ring (bicyclic) bond motifs is 2. The number of aromatic nitrogens is 1. The van der Waals surface area contributed by atoms with Gasteiger partial charge in [0.1, 0.15) is 11.5 Å². The number of hydrogen-bond donors (Lipinski definition) is 1. The Hall–Kier alpha value is -3.01. The van der Waals surface area contributed by atoms with Gasteiger partial charge in [0.05, 0.1) is 12.6 Å². The molecule has 0 spiro atoms. The van der Waals surface area contributed by atoms with Gasteiger partial charge in [-0.15, -0.1) is 0 Å². The van der Waals surface area contributed by atoms with Crippen molar-refractivity contribution in [3.63, 3.8) is 0 Å². The lowest BCUT2D eigenvalue weighted by Gasteiger charge is -2.37. The summed E-state index contributed by atoms with van der Waals surface area (Å²) in [6, 6.07) is 17.9. The summed E-state index contributed by atoms with van der Waals surface area (Å²) in [7, 11) is 0. The van der Waals surface area contributed by atoms with Crippen molar-refractivity contribution in [2.75, 3.05) is 6.61 Å². The molecule has 0 fully saturated rings. The fourth-order valence-corrected chi connectivity index (χ4v) is 3.65. The van der Waals surface area contributed by atoms with Crippen molar-refractivity contribution >= 4 is 16.8 Å². The van der Waals surface area contributed by atoms with E-state index < -0.39 is 0 Å². The first kappa shape index (κ1) is 16.5. The van der Waals surface area contributed by atoms with Gasteiger partial charge in [-0.1, -0.05) is 49.0 Å². The molecule has 0 aliphatic carbocycles. The van der Waals surface area contributed by atoms with Crippen molar-refractivity contribution < 1.29 is 9.53 Å². The van der Waals surface area contributed by atoms with Crippen LogP contribution >= 0.6 is 0 Å². The smallest absolute Gasteiger partial charge is 0.271 e. The third-order valence-corrected chi connectivity index (χ3v) is 4.97. The second kappa shape index (κ2) is 6.71. The molecular weight excluding hydrogens is 324 g/mol. The third-order valence-electron chi connectivity index (χ3n) is 4.97. The summed E-state index contributed by atoms with van der Waals surface area (Å²) in [5.41, 5.74) is 3.99. The molecule has 3 aromatic rings. The maximum atomic E-state index is 13.3. The Morgan fingerprint density at radius 2 is 1.92 bits per heavy atom. The lowest BCUT2D eigenvalue weighted by atomic mass is 9.93. The maximum absolute atomic E-state index is 13.3. The number of carbonyl (C=O) groups is 1. The van der Waals surface area contributed by atoms with E-state index in [1.807, 2.05) is 54.3 Å². The summed E-state index contributed by atoms with van der Waals surface area (Å²) in [6.07, 6.45) is 0.723. The van der Waals surface area contributed by atoms with Crippen LogP contribution in [0.4, 0.5) is 0 Å². The number of carbonyl (C=O) groups excluding carboxylic acids is 1. The standard InChI is InChI=1S/C22H22N2O2/c1-3-26-15(2)21-13-16-8-4-5-10-18(16)14-24(21)22(25)20-12-17-9-6-7-11-19(17)23-20/h4-12,21,23H,2-3,13-14H2,1H3. The fraction of sp³-hybridized carbons (Fsp3) is 0.227. The molecule has 1 aromatic heterocycles. The van der Waals surface area contributed by atoms with E-state index >= 15 is 0 Å². The molecule has 132 valence electrons. The van der Waals surface area contributed by atoms with Crippen LogP contribution in [-0.4, -0.2) is 28.4 Å². The number of amides is 1. The van der Waals surface area contributed by atoms with E-state index in [0.717, 1.165) is 17.3 Å². The largest absolute Gasteiger partial charge is 0.497 e. The van der Waals surface area contributed by atoms with Crippen molar-refractivity contribution in [3.05, 3.63) is 83.8 Å². The van der Waals surface area contributed by atoms with Crippen molar-refractivity contribution in [2.24, 2.45) is 0 Å². The Morgan fingerprint density at radius 3 is 2.69 bits per heavy atom. The number of H-pyrrole nitrogens is 1. The van der Waals surface area contributed by atoms with Gasteiger partial charge >= 0.3 is 0 Å². The highest BCUT2D eigenvalue weighted by molar-refractivity contribution is 5.98. The Labute approximate surface area is 153 Å². The van der Waals surface area contributed by atoms with Gasteiger partial charge in [-0.3, -0.25) is 4.79 Å². The van der Waals surface area contributed by atoms with Crippen molar-refractivity contribution in [1.29, 1.82) is 0 Å². The molecule has 0 saturated heterocycles. The van der Waals surface area contributed by atoms with Crippen LogP contribution in [0.2, 0.25) is 0 Å². The van der Waals surface area contributed by atoms with E-state index in [0.29, 0.717) is 24.6 Å². The minimum absolute atomic E-state index is 0.0263. The van der Waals surface area contributed by atoms with Crippen LogP contribution < -0.4 is 0 Å².